The third-order valence-corrected chi connectivity index (χ3v) is 4.68. The molecule has 27 heavy (non-hydrogen) atoms. The number of hydrogen-bond acceptors (Lipinski definition) is 4. The van der Waals surface area contributed by atoms with Crippen molar-refractivity contribution >= 4 is 16.9 Å². The van der Waals surface area contributed by atoms with E-state index in [4.69, 9.17) is 4.74 Å². The van der Waals surface area contributed by atoms with Crippen LogP contribution in [0.15, 0.2) is 41.2 Å². The van der Waals surface area contributed by atoms with Gasteiger partial charge in [-0.05, 0) is 61.7 Å². The normalized spacial score (nSPS) is 10.8. The van der Waals surface area contributed by atoms with Crippen molar-refractivity contribution in [3.63, 3.8) is 0 Å². The minimum atomic E-state index is -0.481. The lowest BCUT2D eigenvalue weighted by molar-refractivity contribution is 0.0944. The molecule has 0 aliphatic carbocycles. The molecular formula is C21H23N3O3. The van der Waals surface area contributed by atoms with Crippen LogP contribution >= 0.6 is 0 Å². The third-order valence-electron chi connectivity index (χ3n) is 4.68. The monoisotopic (exact) mass is 365 g/mol. The maximum absolute atomic E-state index is 12.8. The quantitative estimate of drug-likeness (QED) is 0.754. The van der Waals surface area contributed by atoms with Crippen LogP contribution in [-0.4, -0.2) is 22.6 Å². The van der Waals surface area contributed by atoms with Crippen molar-refractivity contribution in [3.8, 4) is 5.75 Å². The van der Waals surface area contributed by atoms with Gasteiger partial charge in [-0.2, -0.15) is 0 Å². The second kappa shape index (κ2) is 7.61. The fourth-order valence-corrected chi connectivity index (χ4v) is 3.01. The topological polar surface area (TPSA) is 73.2 Å². The van der Waals surface area contributed by atoms with E-state index in [1.54, 1.807) is 11.7 Å². The Bertz CT molecular complexity index is 1070. The molecule has 140 valence electrons. The first kappa shape index (κ1) is 18.6. The molecule has 0 unspecified atom stereocenters. The van der Waals surface area contributed by atoms with E-state index in [0.29, 0.717) is 17.8 Å². The van der Waals surface area contributed by atoms with Crippen LogP contribution in [0.2, 0.25) is 0 Å². The molecule has 0 bridgehead atoms. The van der Waals surface area contributed by atoms with Crippen LogP contribution in [0.4, 0.5) is 0 Å². The summed E-state index contributed by atoms with van der Waals surface area (Å²) < 4.78 is 6.78. The van der Waals surface area contributed by atoms with Crippen LogP contribution in [0.25, 0.3) is 11.0 Å². The minimum absolute atomic E-state index is 0.0875. The Morgan fingerprint density at radius 2 is 1.93 bits per heavy atom. The number of amides is 1. The third kappa shape index (κ3) is 3.69. The predicted molar refractivity (Wildman–Crippen MR) is 105 cm³/mol. The van der Waals surface area contributed by atoms with Gasteiger partial charge in [0.15, 0.2) is 5.69 Å². The number of benzene rings is 2. The molecule has 6 heteroatoms. The summed E-state index contributed by atoms with van der Waals surface area (Å²) in [5.74, 6) is 0.231. The van der Waals surface area contributed by atoms with E-state index in [-0.39, 0.29) is 17.8 Å². The molecular weight excluding hydrogens is 342 g/mol. The van der Waals surface area contributed by atoms with E-state index < -0.39 is 5.91 Å². The molecule has 3 rings (SSSR count). The molecule has 0 atom stereocenters. The number of nitrogens with zero attached hydrogens (tertiary/aromatic N) is 2. The van der Waals surface area contributed by atoms with Gasteiger partial charge >= 0.3 is 0 Å². The maximum atomic E-state index is 12.8. The number of ether oxygens (including phenoxy) is 1. The largest absolute Gasteiger partial charge is 0.497 e. The average Bonchev–Trinajstić information content (AvgIpc) is 2.67. The van der Waals surface area contributed by atoms with Crippen molar-refractivity contribution in [2.75, 3.05) is 7.11 Å². The van der Waals surface area contributed by atoms with Crippen molar-refractivity contribution in [1.82, 2.24) is 14.9 Å². The van der Waals surface area contributed by atoms with Gasteiger partial charge in [-0.1, -0.05) is 12.1 Å². The zero-order valence-corrected chi connectivity index (χ0v) is 16.0. The molecule has 0 spiro atoms. The Labute approximate surface area is 157 Å². The fourth-order valence-electron chi connectivity index (χ4n) is 3.01. The molecule has 0 aliphatic rings. The Kier molecular flexibility index (Phi) is 5.26. The van der Waals surface area contributed by atoms with Crippen molar-refractivity contribution in [3.05, 3.63) is 69.1 Å². The molecule has 2 aromatic carbocycles. The van der Waals surface area contributed by atoms with Crippen LogP contribution in [0.5, 0.6) is 5.75 Å². The van der Waals surface area contributed by atoms with E-state index in [0.717, 1.165) is 22.2 Å². The van der Waals surface area contributed by atoms with Crippen molar-refractivity contribution in [1.29, 1.82) is 0 Å². The average molecular weight is 365 g/mol. The number of carbonyl (C=O) groups is 1. The van der Waals surface area contributed by atoms with Crippen molar-refractivity contribution in [2.45, 2.75) is 33.9 Å². The molecule has 0 aliphatic heterocycles. The van der Waals surface area contributed by atoms with Gasteiger partial charge in [0.2, 0.25) is 0 Å². The van der Waals surface area contributed by atoms with Crippen molar-refractivity contribution in [2.24, 2.45) is 0 Å². The first-order chi connectivity index (χ1) is 12.9. The van der Waals surface area contributed by atoms with Crippen LogP contribution in [-0.2, 0) is 13.1 Å². The van der Waals surface area contributed by atoms with E-state index in [1.807, 2.05) is 57.2 Å². The number of nitrogens with one attached hydrogen (secondary N) is 1. The second-order valence-corrected chi connectivity index (χ2v) is 6.47. The number of carbonyl (C=O) groups excluding carboxylic acids is 1. The first-order valence-corrected chi connectivity index (χ1v) is 8.87. The minimum Gasteiger partial charge on any atom is -0.497 e. The van der Waals surface area contributed by atoms with Gasteiger partial charge in [0.05, 0.1) is 18.1 Å². The molecule has 1 N–H and O–H groups in total. The fraction of sp³-hybridized carbons (Fsp3) is 0.286. The molecule has 0 radical (unpaired) electrons. The highest BCUT2D eigenvalue weighted by atomic mass is 16.5. The zero-order valence-electron chi connectivity index (χ0n) is 16.0. The highest BCUT2D eigenvalue weighted by Gasteiger charge is 2.17. The summed E-state index contributed by atoms with van der Waals surface area (Å²) in [5, 5.41) is 2.78. The molecule has 1 amide bonds. The standard InChI is InChI=1S/C21H23N3O3/c1-5-24-18-10-14(3)13(2)9-17(18)23-19(21(24)26)20(25)22-12-15-7-6-8-16(11-15)27-4/h6-11H,5,12H2,1-4H3,(H,22,25). The Balaban J connectivity index is 1.95. The number of aromatic nitrogens is 2. The summed E-state index contributed by atoms with van der Waals surface area (Å²) in [5.41, 5.74) is 3.96. The van der Waals surface area contributed by atoms with Crippen LogP contribution < -0.4 is 15.6 Å². The summed E-state index contributed by atoms with van der Waals surface area (Å²) in [6, 6.07) is 11.3. The molecule has 6 nitrogen and oxygen atoms in total. The molecule has 0 saturated heterocycles. The summed E-state index contributed by atoms with van der Waals surface area (Å²) in [6.45, 7) is 6.62. The first-order valence-electron chi connectivity index (χ1n) is 8.87. The van der Waals surface area contributed by atoms with E-state index >= 15 is 0 Å². The van der Waals surface area contributed by atoms with Crippen LogP contribution in [0.3, 0.4) is 0 Å². The molecule has 0 fully saturated rings. The Morgan fingerprint density at radius 3 is 2.63 bits per heavy atom. The molecule has 0 saturated carbocycles. The summed E-state index contributed by atoms with van der Waals surface area (Å²) in [7, 11) is 1.59. The SMILES string of the molecule is CCn1c(=O)c(C(=O)NCc2cccc(OC)c2)nc2cc(C)c(C)cc21. The number of aryl methyl sites for hydroxylation is 3. The maximum Gasteiger partial charge on any atom is 0.282 e. The number of methoxy groups -OCH3 is 1. The van der Waals surface area contributed by atoms with Gasteiger partial charge in [-0.3, -0.25) is 9.59 Å². The van der Waals surface area contributed by atoms with E-state index in [2.05, 4.69) is 10.3 Å². The van der Waals surface area contributed by atoms with Gasteiger partial charge in [0.25, 0.3) is 11.5 Å². The van der Waals surface area contributed by atoms with Gasteiger partial charge in [-0.15, -0.1) is 0 Å². The van der Waals surface area contributed by atoms with Crippen LogP contribution in [0, 0.1) is 13.8 Å². The van der Waals surface area contributed by atoms with E-state index in [1.165, 1.54) is 0 Å². The van der Waals surface area contributed by atoms with Crippen molar-refractivity contribution < 1.29 is 9.53 Å². The number of fused-ring (bicyclic) bond motifs is 1. The predicted octanol–water partition coefficient (Wildman–Crippen LogP) is 2.97. The van der Waals surface area contributed by atoms with Gasteiger partial charge in [-0.25, -0.2) is 4.98 Å². The molecule has 1 aromatic heterocycles. The van der Waals surface area contributed by atoms with Gasteiger partial charge < -0.3 is 14.6 Å². The molecule has 1 heterocycles. The summed E-state index contributed by atoms with van der Waals surface area (Å²) in [6.07, 6.45) is 0. The van der Waals surface area contributed by atoms with E-state index in [9.17, 15) is 9.59 Å². The smallest absolute Gasteiger partial charge is 0.282 e. The highest BCUT2D eigenvalue weighted by molar-refractivity contribution is 5.94. The number of hydrogen-bond donors (Lipinski definition) is 1. The number of rotatable bonds is 5. The lowest BCUT2D eigenvalue weighted by Crippen LogP contribution is -2.34. The van der Waals surface area contributed by atoms with Gasteiger partial charge in [0, 0.05) is 13.1 Å². The lowest BCUT2D eigenvalue weighted by atomic mass is 10.1. The lowest BCUT2D eigenvalue weighted by Gasteiger charge is -2.12. The second-order valence-electron chi connectivity index (χ2n) is 6.47. The Morgan fingerprint density at radius 1 is 1.19 bits per heavy atom. The molecule has 3 aromatic rings. The van der Waals surface area contributed by atoms with Crippen LogP contribution in [0.1, 0.15) is 34.1 Å². The van der Waals surface area contributed by atoms with Gasteiger partial charge in [0.1, 0.15) is 5.75 Å². The summed E-state index contributed by atoms with van der Waals surface area (Å²) in [4.78, 5) is 29.8. The summed E-state index contributed by atoms with van der Waals surface area (Å²) >= 11 is 0. The highest BCUT2D eigenvalue weighted by Crippen LogP contribution is 2.17. The zero-order chi connectivity index (χ0) is 19.6. The Hall–Kier alpha value is -3.15.